The van der Waals surface area contributed by atoms with Crippen molar-refractivity contribution in [1.82, 2.24) is 14.4 Å². The van der Waals surface area contributed by atoms with Gasteiger partial charge in [-0.2, -0.15) is 9.29 Å². The summed E-state index contributed by atoms with van der Waals surface area (Å²) >= 11 is 1.31. The lowest BCUT2D eigenvalue weighted by atomic mass is 9.99. The molecule has 11 heteroatoms. The number of thiophene rings is 1. The zero-order chi connectivity index (χ0) is 24.5. The van der Waals surface area contributed by atoms with Crippen molar-refractivity contribution in [2.24, 2.45) is 5.92 Å². The van der Waals surface area contributed by atoms with Crippen molar-refractivity contribution >= 4 is 33.0 Å². The number of hydrogen-bond acceptors (Lipinski definition) is 8. The van der Waals surface area contributed by atoms with E-state index in [1.807, 2.05) is 13.8 Å². The van der Waals surface area contributed by atoms with Gasteiger partial charge in [0.25, 0.3) is 0 Å². The highest BCUT2D eigenvalue weighted by molar-refractivity contribution is 7.89. The Kier molecular flexibility index (Phi) is 7.06. The second-order valence-electron chi connectivity index (χ2n) is 8.56. The summed E-state index contributed by atoms with van der Waals surface area (Å²) in [4.78, 5) is 18.7. The van der Waals surface area contributed by atoms with Crippen LogP contribution in [0.3, 0.4) is 0 Å². The minimum atomic E-state index is -3.78. The minimum absolute atomic E-state index is 0.0832. The quantitative estimate of drug-likeness (QED) is 0.511. The van der Waals surface area contributed by atoms with Gasteiger partial charge in [-0.05, 0) is 50.1 Å². The second kappa shape index (κ2) is 9.85. The number of sulfonamides is 1. The maximum Gasteiger partial charge on any atom is 0.244 e. The van der Waals surface area contributed by atoms with Crippen LogP contribution in [0.2, 0.25) is 0 Å². The van der Waals surface area contributed by atoms with Crippen molar-refractivity contribution in [3.05, 3.63) is 41.1 Å². The van der Waals surface area contributed by atoms with Gasteiger partial charge in [0.05, 0.1) is 22.8 Å². The molecule has 4 rings (SSSR count). The molecule has 1 atom stereocenters. The standard InChI is InChI=1S/C23H28N4O5S2/c1-14(2)23-25-21(26-32-23)19-12-20(15(3)33-19)34(29,30)27-11-5-6-16(13-27)22(28)24-17-7-9-18(31-4)10-8-17/h7-10,12,14,16H,5-6,11,13H2,1-4H3,(H,24,28)/t16-/m1/s1. The third kappa shape index (κ3) is 5.01. The summed E-state index contributed by atoms with van der Waals surface area (Å²) in [7, 11) is -2.20. The number of carbonyl (C=O) groups is 1. The molecule has 9 nitrogen and oxygen atoms in total. The highest BCUT2D eigenvalue weighted by atomic mass is 32.2. The first-order chi connectivity index (χ1) is 16.2. The van der Waals surface area contributed by atoms with E-state index < -0.39 is 15.9 Å². The Labute approximate surface area is 203 Å². The van der Waals surface area contributed by atoms with Crippen LogP contribution in [0.5, 0.6) is 5.75 Å². The van der Waals surface area contributed by atoms with Gasteiger partial charge in [-0.3, -0.25) is 4.79 Å². The number of amides is 1. The number of aromatic nitrogens is 2. The van der Waals surface area contributed by atoms with E-state index in [1.165, 1.54) is 15.6 Å². The molecule has 1 fully saturated rings. The van der Waals surface area contributed by atoms with Crippen LogP contribution in [0.4, 0.5) is 5.69 Å². The SMILES string of the molecule is COc1ccc(NC(=O)[C@@H]2CCCN(S(=O)(=O)c3cc(-c4noc(C(C)C)n4)sc3C)C2)cc1. The summed E-state index contributed by atoms with van der Waals surface area (Å²) in [5.41, 5.74) is 0.644. The first-order valence-electron chi connectivity index (χ1n) is 11.1. The van der Waals surface area contributed by atoms with Crippen LogP contribution in [0, 0.1) is 12.8 Å². The van der Waals surface area contributed by atoms with E-state index in [4.69, 9.17) is 9.26 Å². The Balaban J connectivity index is 1.49. The van der Waals surface area contributed by atoms with Crippen LogP contribution < -0.4 is 10.1 Å². The third-order valence-electron chi connectivity index (χ3n) is 5.76. The summed E-state index contributed by atoms with van der Waals surface area (Å²) in [6.45, 7) is 6.17. The van der Waals surface area contributed by atoms with Crippen LogP contribution in [0.15, 0.2) is 39.8 Å². The number of piperidine rings is 1. The number of methoxy groups -OCH3 is 1. The molecular formula is C23H28N4O5S2. The summed E-state index contributed by atoms with van der Waals surface area (Å²) in [6, 6.07) is 8.64. The first-order valence-corrected chi connectivity index (χ1v) is 13.3. The van der Waals surface area contributed by atoms with Crippen molar-refractivity contribution in [2.45, 2.75) is 44.4 Å². The molecule has 1 aliphatic heterocycles. The van der Waals surface area contributed by atoms with E-state index in [0.29, 0.717) is 52.3 Å². The monoisotopic (exact) mass is 504 g/mol. The van der Waals surface area contributed by atoms with E-state index in [-0.39, 0.29) is 23.3 Å². The summed E-state index contributed by atoms with van der Waals surface area (Å²) in [5, 5.41) is 6.88. The predicted molar refractivity (Wildman–Crippen MR) is 130 cm³/mol. The number of rotatable bonds is 7. The lowest BCUT2D eigenvalue weighted by Gasteiger charge is -2.31. The molecule has 1 amide bonds. The summed E-state index contributed by atoms with van der Waals surface area (Å²) in [5.74, 6) is 1.04. The number of nitrogens with zero attached hydrogens (tertiary/aromatic N) is 3. The lowest BCUT2D eigenvalue weighted by Crippen LogP contribution is -2.43. The fraction of sp³-hybridized carbons (Fsp3) is 0.435. The molecule has 3 heterocycles. The zero-order valence-corrected chi connectivity index (χ0v) is 21.2. The van der Waals surface area contributed by atoms with Crippen molar-refractivity contribution in [3.63, 3.8) is 0 Å². The number of anilines is 1. The van der Waals surface area contributed by atoms with Gasteiger partial charge in [-0.15, -0.1) is 11.3 Å². The Bertz CT molecular complexity index is 1260. The number of ether oxygens (including phenoxy) is 1. The summed E-state index contributed by atoms with van der Waals surface area (Å²) in [6.07, 6.45) is 1.24. The van der Waals surface area contributed by atoms with E-state index in [9.17, 15) is 13.2 Å². The third-order valence-corrected chi connectivity index (χ3v) is 8.93. The molecule has 0 saturated carbocycles. The van der Waals surface area contributed by atoms with Crippen LogP contribution in [-0.2, 0) is 14.8 Å². The molecule has 34 heavy (non-hydrogen) atoms. The van der Waals surface area contributed by atoms with E-state index in [2.05, 4.69) is 15.5 Å². The summed E-state index contributed by atoms with van der Waals surface area (Å²) < 4.78 is 38.8. The topological polar surface area (TPSA) is 115 Å². The van der Waals surface area contributed by atoms with Crippen molar-refractivity contribution in [2.75, 3.05) is 25.5 Å². The second-order valence-corrected chi connectivity index (χ2v) is 11.7. The van der Waals surface area contributed by atoms with E-state index in [0.717, 1.165) is 0 Å². The number of benzene rings is 1. The number of hydrogen-bond donors (Lipinski definition) is 1. The lowest BCUT2D eigenvalue weighted by molar-refractivity contribution is -0.120. The van der Waals surface area contributed by atoms with Gasteiger partial charge in [0, 0.05) is 29.6 Å². The van der Waals surface area contributed by atoms with Crippen LogP contribution >= 0.6 is 11.3 Å². The fourth-order valence-corrected chi connectivity index (χ4v) is 6.84. The molecule has 1 aromatic carbocycles. The van der Waals surface area contributed by atoms with Gasteiger partial charge in [-0.25, -0.2) is 8.42 Å². The van der Waals surface area contributed by atoms with Crippen LogP contribution in [0.1, 0.15) is 43.4 Å². The first kappa shape index (κ1) is 24.4. The van der Waals surface area contributed by atoms with Gasteiger partial charge < -0.3 is 14.6 Å². The van der Waals surface area contributed by atoms with Crippen LogP contribution in [-0.4, -0.2) is 49.0 Å². The highest BCUT2D eigenvalue weighted by Gasteiger charge is 2.35. The maximum atomic E-state index is 13.5. The molecule has 1 N–H and O–H groups in total. The van der Waals surface area contributed by atoms with Crippen molar-refractivity contribution < 1.29 is 22.5 Å². The van der Waals surface area contributed by atoms with Gasteiger partial charge in [0.15, 0.2) is 0 Å². The molecule has 0 unspecified atom stereocenters. The molecule has 1 aliphatic rings. The number of aryl methyl sites for hydroxylation is 1. The van der Waals surface area contributed by atoms with Crippen molar-refractivity contribution in [3.8, 4) is 16.5 Å². The Hall–Kier alpha value is -2.76. The Morgan fingerprint density at radius 1 is 1.29 bits per heavy atom. The van der Waals surface area contributed by atoms with E-state index in [1.54, 1.807) is 44.4 Å². The molecule has 0 bridgehead atoms. The minimum Gasteiger partial charge on any atom is -0.497 e. The van der Waals surface area contributed by atoms with Crippen LogP contribution in [0.25, 0.3) is 10.7 Å². The van der Waals surface area contributed by atoms with Gasteiger partial charge in [0.1, 0.15) is 5.75 Å². The van der Waals surface area contributed by atoms with Gasteiger partial charge in [-0.1, -0.05) is 19.0 Å². The smallest absolute Gasteiger partial charge is 0.244 e. The average molecular weight is 505 g/mol. The normalized spacial score (nSPS) is 17.1. The van der Waals surface area contributed by atoms with Crippen molar-refractivity contribution in [1.29, 1.82) is 0 Å². The molecule has 182 valence electrons. The van der Waals surface area contributed by atoms with Gasteiger partial charge >= 0.3 is 0 Å². The fourth-order valence-electron chi connectivity index (χ4n) is 3.83. The molecule has 2 aromatic heterocycles. The highest BCUT2D eigenvalue weighted by Crippen LogP contribution is 2.35. The molecule has 0 aliphatic carbocycles. The predicted octanol–water partition coefficient (Wildman–Crippen LogP) is 4.28. The molecule has 3 aromatic rings. The average Bonchev–Trinajstić information content (AvgIpc) is 3.47. The maximum absolute atomic E-state index is 13.5. The molecule has 0 radical (unpaired) electrons. The molecule has 1 saturated heterocycles. The molecule has 0 spiro atoms. The van der Waals surface area contributed by atoms with Gasteiger partial charge in [0.2, 0.25) is 27.6 Å². The van der Waals surface area contributed by atoms with E-state index >= 15 is 0 Å². The Morgan fingerprint density at radius 3 is 2.68 bits per heavy atom. The number of carbonyl (C=O) groups excluding carboxylic acids is 1. The zero-order valence-electron chi connectivity index (χ0n) is 19.6. The number of nitrogens with one attached hydrogen (secondary N) is 1. The molecular weight excluding hydrogens is 476 g/mol. The Morgan fingerprint density at radius 2 is 2.03 bits per heavy atom. The largest absolute Gasteiger partial charge is 0.497 e.